The molecule has 2 aromatic rings. The Morgan fingerprint density at radius 3 is 2.25 bits per heavy atom. The molecule has 0 spiro atoms. The number of hydrogen-bond donors (Lipinski definition) is 1. The standard InChI is InChI=1S/C24H31N3O/c1-19-6-8-20(9-7-19)18-25-24(28)10-11-26-12-14-27(15-13-26)23-16-21-4-2-3-5-22(21)17-23/h2-9,23H,10-18H2,1H3,(H,25,28). The lowest BCUT2D eigenvalue weighted by atomic mass is 10.1. The first-order chi connectivity index (χ1) is 13.7. The molecule has 0 atom stereocenters. The third-order valence-corrected chi connectivity index (χ3v) is 6.22. The number of nitrogens with zero attached hydrogens (tertiary/aromatic N) is 2. The topological polar surface area (TPSA) is 35.6 Å². The van der Waals surface area contributed by atoms with Gasteiger partial charge in [-0.05, 0) is 36.5 Å². The minimum atomic E-state index is 0.147. The zero-order valence-electron chi connectivity index (χ0n) is 16.9. The first-order valence-electron chi connectivity index (χ1n) is 10.5. The molecule has 1 fully saturated rings. The number of fused-ring (bicyclic) bond motifs is 1. The quantitative estimate of drug-likeness (QED) is 0.841. The molecule has 4 heteroatoms. The van der Waals surface area contributed by atoms with Crippen LogP contribution in [0.1, 0.15) is 28.7 Å². The minimum Gasteiger partial charge on any atom is -0.352 e. The van der Waals surface area contributed by atoms with Crippen LogP contribution in [0.2, 0.25) is 0 Å². The van der Waals surface area contributed by atoms with Gasteiger partial charge in [-0.2, -0.15) is 0 Å². The van der Waals surface area contributed by atoms with Crippen molar-refractivity contribution in [3.8, 4) is 0 Å². The van der Waals surface area contributed by atoms with Gasteiger partial charge in [0.1, 0.15) is 0 Å². The van der Waals surface area contributed by atoms with Crippen molar-refractivity contribution < 1.29 is 4.79 Å². The zero-order valence-corrected chi connectivity index (χ0v) is 16.9. The van der Waals surface area contributed by atoms with Crippen LogP contribution in [0.5, 0.6) is 0 Å². The fourth-order valence-corrected chi connectivity index (χ4v) is 4.40. The van der Waals surface area contributed by atoms with E-state index in [1.165, 1.54) is 29.5 Å². The van der Waals surface area contributed by atoms with Gasteiger partial charge >= 0.3 is 0 Å². The SMILES string of the molecule is Cc1ccc(CNC(=O)CCN2CCN(C3Cc4ccccc4C3)CC2)cc1. The highest BCUT2D eigenvalue weighted by molar-refractivity contribution is 5.76. The van der Waals surface area contributed by atoms with E-state index < -0.39 is 0 Å². The predicted octanol–water partition coefficient (Wildman–Crippen LogP) is 2.79. The average molecular weight is 378 g/mol. The van der Waals surface area contributed by atoms with Gasteiger partial charge in [-0.25, -0.2) is 0 Å². The summed E-state index contributed by atoms with van der Waals surface area (Å²) in [4.78, 5) is 17.3. The summed E-state index contributed by atoms with van der Waals surface area (Å²) in [6.07, 6.45) is 2.97. The van der Waals surface area contributed by atoms with E-state index in [0.29, 0.717) is 19.0 Å². The van der Waals surface area contributed by atoms with E-state index in [0.717, 1.165) is 38.3 Å². The molecule has 2 aliphatic rings. The van der Waals surface area contributed by atoms with E-state index in [1.54, 1.807) is 0 Å². The Morgan fingerprint density at radius 2 is 1.61 bits per heavy atom. The van der Waals surface area contributed by atoms with Crippen molar-refractivity contribution in [3.63, 3.8) is 0 Å². The second-order valence-electron chi connectivity index (χ2n) is 8.22. The van der Waals surface area contributed by atoms with Crippen LogP contribution < -0.4 is 5.32 Å². The highest BCUT2D eigenvalue weighted by atomic mass is 16.1. The lowest BCUT2D eigenvalue weighted by Gasteiger charge is -2.38. The summed E-state index contributed by atoms with van der Waals surface area (Å²) in [5, 5.41) is 3.05. The molecule has 0 aromatic heterocycles. The Labute approximate surface area is 168 Å². The summed E-state index contributed by atoms with van der Waals surface area (Å²) in [6.45, 7) is 7.92. The van der Waals surface area contributed by atoms with Crippen molar-refractivity contribution in [1.29, 1.82) is 0 Å². The molecular weight excluding hydrogens is 346 g/mol. The number of nitrogens with one attached hydrogen (secondary N) is 1. The number of hydrogen-bond acceptors (Lipinski definition) is 3. The second kappa shape index (κ2) is 8.89. The van der Waals surface area contributed by atoms with E-state index in [4.69, 9.17) is 0 Å². The zero-order chi connectivity index (χ0) is 19.3. The predicted molar refractivity (Wildman–Crippen MR) is 113 cm³/mol. The molecule has 0 bridgehead atoms. The summed E-state index contributed by atoms with van der Waals surface area (Å²) in [6, 6.07) is 17.9. The molecule has 148 valence electrons. The molecule has 2 aromatic carbocycles. The van der Waals surface area contributed by atoms with Crippen LogP contribution >= 0.6 is 0 Å². The molecule has 4 rings (SSSR count). The first kappa shape index (κ1) is 19.2. The molecule has 0 radical (unpaired) electrons. The van der Waals surface area contributed by atoms with Gasteiger partial charge in [0.15, 0.2) is 0 Å². The van der Waals surface area contributed by atoms with Crippen LogP contribution in [0.25, 0.3) is 0 Å². The van der Waals surface area contributed by atoms with Crippen molar-refractivity contribution in [2.75, 3.05) is 32.7 Å². The Kier molecular flexibility index (Phi) is 6.08. The number of carbonyl (C=O) groups excluding carboxylic acids is 1. The van der Waals surface area contributed by atoms with Crippen LogP contribution in [0.4, 0.5) is 0 Å². The van der Waals surface area contributed by atoms with Crippen molar-refractivity contribution in [1.82, 2.24) is 15.1 Å². The first-order valence-corrected chi connectivity index (χ1v) is 10.5. The Bertz CT molecular complexity index is 769. The van der Waals surface area contributed by atoms with Gasteiger partial charge in [0.2, 0.25) is 5.91 Å². The number of rotatable bonds is 6. The molecule has 1 saturated heterocycles. The Balaban J connectivity index is 1.15. The van der Waals surface area contributed by atoms with Crippen LogP contribution in [-0.2, 0) is 24.2 Å². The molecule has 28 heavy (non-hydrogen) atoms. The van der Waals surface area contributed by atoms with Crippen molar-refractivity contribution in [3.05, 3.63) is 70.8 Å². The molecule has 1 heterocycles. The fourth-order valence-electron chi connectivity index (χ4n) is 4.40. The number of amides is 1. The lowest BCUT2D eigenvalue weighted by Crippen LogP contribution is -2.51. The largest absolute Gasteiger partial charge is 0.352 e. The highest BCUT2D eigenvalue weighted by Gasteiger charge is 2.28. The van der Waals surface area contributed by atoms with Crippen molar-refractivity contribution in [2.24, 2.45) is 0 Å². The monoisotopic (exact) mass is 377 g/mol. The van der Waals surface area contributed by atoms with E-state index in [2.05, 4.69) is 70.6 Å². The molecule has 4 nitrogen and oxygen atoms in total. The summed E-state index contributed by atoms with van der Waals surface area (Å²) in [5.41, 5.74) is 5.46. The third-order valence-electron chi connectivity index (χ3n) is 6.22. The maximum absolute atomic E-state index is 12.2. The number of aryl methyl sites for hydroxylation is 1. The van der Waals surface area contributed by atoms with Crippen LogP contribution in [0.15, 0.2) is 48.5 Å². The van der Waals surface area contributed by atoms with E-state index in [1.807, 2.05) is 0 Å². The van der Waals surface area contributed by atoms with Gasteiger partial charge in [0.25, 0.3) is 0 Å². The van der Waals surface area contributed by atoms with Gasteiger partial charge in [0.05, 0.1) is 0 Å². The molecule has 1 amide bonds. The van der Waals surface area contributed by atoms with Crippen molar-refractivity contribution >= 4 is 5.91 Å². The normalized spacial score (nSPS) is 18.2. The Hall–Kier alpha value is -2.17. The average Bonchev–Trinajstić information content (AvgIpc) is 3.16. The van der Waals surface area contributed by atoms with Crippen LogP contribution in [0, 0.1) is 6.92 Å². The summed E-state index contributed by atoms with van der Waals surface area (Å²) in [7, 11) is 0. The lowest BCUT2D eigenvalue weighted by molar-refractivity contribution is -0.121. The molecule has 1 aliphatic carbocycles. The third kappa shape index (κ3) is 4.81. The molecule has 1 aliphatic heterocycles. The molecule has 0 unspecified atom stereocenters. The fraction of sp³-hybridized carbons (Fsp3) is 0.458. The van der Waals surface area contributed by atoms with Crippen LogP contribution in [0.3, 0.4) is 0 Å². The summed E-state index contributed by atoms with van der Waals surface area (Å²) in [5.74, 6) is 0.147. The van der Waals surface area contributed by atoms with Crippen LogP contribution in [-0.4, -0.2) is 54.5 Å². The molecule has 0 saturated carbocycles. The Morgan fingerprint density at radius 1 is 0.964 bits per heavy atom. The number of carbonyl (C=O) groups is 1. The second-order valence-corrected chi connectivity index (χ2v) is 8.22. The summed E-state index contributed by atoms with van der Waals surface area (Å²) < 4.78 is 0. The maximum Gasteiger partial charge on any atom is 0.221 e. The minimum absolute atomic E-state index is 0.147. The smallest absolute Gasteiger partial charge is 0.221 e. The van der Waals surface area contributed by atoms with Gasteiger partial charge in [-0.3, -0.25) is 9.69 Å². The van der Waals surface area contributed by atoms with E-state index in [9.17, 15) is 4.79 Å². The number of piperazine rings is 1. The van der Waals surface area contributed by atoms with Crippen molar-refractivity contribution in [2.45, 2.75) is 38.8 Å². The number of benzene rings is 2. The maximum atomic E-state index is 12.2. The summed E-state index contributed by atoms with van der Waals surface area (Å²) >= 11 is 0. The van der Waals surface area contributed by atoms with Gasteiger partial charge in [-0.1, -0.05) is 54.1 Å². The van der Waals surface area contributed by atoms with Gasteiger partial charge in [-0.15, -0.1) is 0 Å². The molecular formula is C24H31N3O. The van der Waals surface area contributed by atoms with Gasteiger partial charge < -0.3 is 10.2 Å². The highest BCUT2D eigenvalue weighted by Crippen LogP contribution is 2.26. The van der Waals surface area contributed by atoms with E-state index >= 15 is 0 Å². The molecule has 1 N–H and O–H groups in total. The van der Waals surface area contributed by atoms with E-state index in [-0.39, 0.29) is 5.91 Å². The van der Waals surface area contributed by atoms with Gasteiger partial charge in [0, 0.05) is 51.7 Å².